The Kier molecular flexibility index (Phi) is 6.72. The van der Waals surface area contributed by atoms with Crippen LogP contribution in [0.3, 0.4) is 0 Å². The van der Waals surface area contributed by atoms with E-state index in [2.05, 4.69) is 90.3 Å². The maximum Gasteiger partial charge on any atom is 0.266 e. The predicted octanol–water partition coefficient (Wildman–Crippen LogP) is 8.29. The fourth-order valence-corrected chi connectivity index (χ4v) is 6.24. The average Bonchev–Trinajstić information content (AvgIpc) is 3.50. The highest BCUT2D eigenvalue weighted by Gasteiger charge is 2.18. The van der Waals surface area contributed by atoms with Crippen LogP contribution in [-0.4, -0.2) is 33.0 Å². The van der Waals surface area contributed by atoms with E-state index in [1.54, 1.807) is 18.5 Å². The van der Waals surface area contributed by atoms with Crippen molar-refractivity contribution in [2.45, 2.75) is 19.6 Å². The highest BCUT2D eigenvalue weighted by molar-refractivity contribution is 6.88. The molecule has 0 aliphatic rings. The van der Waals surface area contributed by atoms with Crippen LogP contribution in [0.5, 0.6) is 0 Å². The molecule has 0 fully saturated rings. The zero-order valence-electron chi connectivity index (χ0n) is 24.2. The molecular weight excluding hydrogens is 547 g/mol. The van der Waals surface area contributed by atoms with E-state index in [-0.39, 0.29) is 0 Å². The quantitative estimate of drug-likeness (QED) is 0.186. The van der Waals surface area contributed by atoms with Crippen molar-refractivity contribution in [2.24, 2.45) is 0 Å². The molecule has 7 aromatic rings. The molecule has 7 rings (SSSR count). The Balaban J connectivity index is 1.29. The number of hydrogen-bond acceptors (Lipinski definition) is 6. The normalized spacial score (nSPS) is 11.6. The number of fused-ring (bicyclic) bond motifs is 1. The third-order valence-electron chi connectivity index (χ3n) is 7.45. The van der Waals surface area contributed by atoms with E-state index >= 15 is 0 Å². The minimum atomic E-state index is -1.35. The zero-order chi connectivity index (χ0) is 29.4. The molecule has 7 heteroatoms. The molecule has 0 radical (unpaired) electrons. The number of hydrogen-bond donors (Lipinski definition) is 0. The number of rotatable bonds is 6. The lowest BCUT2D eigenvalue weighted by Crippen LogP contribution is -2.37. The number of benzene rings is 4. The van der Waals surface area contributed by atoms with Gasteiger partial charge in [-0.15, -0.1) is 0 Å². The van der Waals surface area contributed by atoms with E-state index in [0.29, 0.717) is 34.5 Å². The van der Waals surface area contributed by atoms with Gasteiger partial charge in [-0.25, -0.2) is 19.9 Å². The molecule has 0 aliphatic carbocycles. The van der Waals surface area contributed by atoms with E-state index in [1.165, 1.54) is 16.3 Å². The Hall–Kier alpha value is -5.27. The second-order valence-electron chi connectivity index (χ2n) is 11.5. The van der Waals surface area contributed by atoms with Crippen molar-refractivity contribution in [1.29, 1.82) is 0 Å². The van der Waals surface area contributed by atoms with E-state index in [4.69, 9.17) is 19.4 Å². The summed E-state index contributed by atoms with van der Waals surface area (Å²) in [5, 5.41) is 1.46. The predicted molar refractivity (Wildman–Crippen MR) is 175 cm³/mol. The molecule has 0 bridgehead atoms. The molecule has 4 aromatic carbocycles. The molecule has 0 saturated carbocycles. The third kappa shape index (κ3) is 5.50. The summed E-state index contributed by atoms with van der Waals surface area (Å²) in [6.07, 6.45) is 3.34. The maximum atomic E-state index is 6.01. The summed E-state index contributed by atoms with van der Waals surface area (Å²) in [5.74, 6) is 1.79. The smallest absolute Gasteiger partial charge is 0.266 e. The Morgan fingerprint density at radius 2 is 1.09 bits per heavy atom. The number of aromatic nitrogens is 5. The second kappa shape index (κ2) is 10.9. The lowest BCUT2D eigenvalue weighted by Gasteiger charge is -2.17. The molecule has 0 atom stereocenters. The van der Waals surface area contributed by atoms with Gasteiger partial charge in [-0.3, -0.25) is 4.98 Å². The Morgan fingerprint density at radius 1 is 0.512 bits per heavy atom. The summed E-state index contributed by atoms with van der Waals surface area (Å²) in [6, 6.07) is 37.6. The Bertz CT molecular complexity index is 2030. The molecule has 0 saturated heterocycles. The van der Waals surface area contributed by atoms with Crippen LogP contribution in [0.1, 0.15) is 0 Å². The molecule has 0 unspecified atom stereocenters. The SMILES string of the molecule is C[Si](C)(C)c1ccc(-c2cccc(-c3cccc(-c4nc(-c5ccccc5)nc(-c5nc6cnccc6o5)n4)c3)c2)cc1. The van der Waals surface area contributed by atoms with Gasteiger partial charge >= 0.3 is 0 Å². The van der Waals surface area contributed by atoms with Crippen LogP contribution < -0.4 is 5.19 Å². The fraction of sp³-hybridized carbons (Fsp3) is 0.0833. The van der Waals surface area contributed by atoms with Gasteiger partial charge < -0.3 is 4.42 Å². The summed E-state index contributed by atoms with van der Waals surface area (Å²) in [4.78, 5) is 23.2. The maximum absolute atomic E-state index is 6.01. The van der Waals surface area contributed by atoms with Gasteiger partial charge in [-0.2, -0.15) is 0 Å². The molecule has 0 aliphatic heterocycles. The fourth-order valence-electron chi connectivity index (χ4n) is 5.07. The lowest BCUT2D eigenvalue weighted by atomic mass is 9.98. The van der Waals surface area contributed by atoms with Crippen molar-refractivity contribution in [3.63, 3.8) is 0 Å². The van der Waals surface area contributed by atoms with Crippen molar-refractivity contribution < 1.29 is 4.42 Å². The molecule has 0 amide bonds. The van der Waals surface area contributed by atoms with E-state index in [0.717, 1.165) is 22.3 Å². The van der Waals surface area contributed by atoms with Gasteiger partial charge in [0.2, 0.25) is 5.82 Å². The van der Waals surface area contributed by atoms with Crippen LogP contribution in [0.25, 0.3) is 67.8 Å². The van der Waals surface area contributed by atoms with Crippen LogP contribution in [0.2, 0.25) is 19.6 Å². The van der Waals surface area contributed by atoms with Gasteiger partial charge in [-0.1, -0.05) is 116 Å². The summed E-state index contributed by atoms with van der Waals surface area (Å²) < 4.78 is 6.01. The summed E-state index contributed by atoms with van der Waals surface area (Å²) >= 11 is 0. The standard InChI is InChI=1S/C36H29N5OSi/c1-43(2,3)30-17-15-24(16-18-30)26-11-7-12-27(21-26)28-13-8-14-29(22-28)34-39-33(25-9-5-4-6-10-25)40-35(41-34)36-38-31-23-37-20-19-32(31)42-36/h4-23H,1-3H3. The summed E-state index contributed by atoms with van der Waals surface area (Å²) in [5.41, 5.74) is 7.64. The monoisotopic (exact) mass is 575 g/mol. The first-order chi connectivity index (χ1) is 20.9. The molecule has 3 heterocycles. The van der Waals surface area contributed by atoms with Crippen LogP contribution in [0.15, 0.2) is 126 Å². The van der Waals surface area contributed by atoms with E-state index in [9.17, 15) is 0 Å². The Morgan fingerprint density at radius 3 is 1.77 bits per heavy atom. The zero-order valence-corrected chi connectivity index (χ0v) is 25.2. The van der Waals surface area contributed by atoms with Crippen LogP contribution in [0, 0.1) is 0 Å². The van der Waals surface area contributed by atoms with Crippen molar-refractivity contribution in [3.05, 3.63) is 122 Å². The second-order valence-corrected chi connectivity index (χ2v) is 16.6. The topological polar surface area (TPSA) is 77.6 Å². The first-order valence-electron chi connectivity index (χ1n) is 14.2. The molecule has 3 aromatic heterocycles. The average molecular weight is 576 g/mol. The van der Waals surface area contributed by atoms with Crippen LogP contribution in [-0.2, 0) is 0 Å². The Labute approximate surface area is 251 Å². The van der Waals surface area contributed by atoms with Gasteiger partial charge in [0.15, 0.2) is 17.2 Å². The first-order valence-corrected chi connectivity index (χ1v) is 17.7. The molecule has 208 valence electrons. The van der Waals surface area contributed by atoms with Crippen LogP contribution in [0.4, 0.5) is 0 Å². The van der Waals surface area contributed by atoms with Gasteiger partial charge in [0.1, 0.15) is 5.52 Å². The number of oxazole rings is 1. The van der Waals surface area contributed by atoms with E-state index in [1.807, 2.05) is 42.5 Å². The minimum absolute atomic E-state index is 0.327. The van der Waals surface area contributed by atoms with Crippen LogP contribution >= 0.6 is 0 Å². The van der Waals surface area contributed by atoms with Crippen molar-refractivity contribution in [3.8, 4) is 56.7 Å². The van der Waals surface area contributed by atoms with Gasteiger partial charge in [0.25, 0.3) is 5.89 Å². The molecule has 0 spiro atoms. The minimum Gasteiger partial charge on any atom is -0.433 e. The molecule has 0 N–H and O–H groups in total. The third-order valence-corrected chi connectivity index (χ3v) is 9.51. The largest absolute Gasteiger partial charge is 0.433 e. The van der Waals surface area contributed by atoms with Gasteiger partial charge in [0, 0.05) is 23.4 Å². The van der Waals surface area contributed by atoms with E-state index < -0.39 is 8.07 Å². The summed E-state index contributed by atoms with van der Waals surface area (Å²) in [7, 11) is -1.35. The molecule has 6 nitrogen and oxygen atoms in total. The van der Waals surface area contributed by atoms with Gasteiger partial charge in [0.05, 0.1) is 14.3 Å². The number of nitrogens with zero attached hydrogens (tertiary/aromatic N) is 5. The highest BCUT2D eigenvalue weighted by atomic mass is 28.3. The first kappa shape index (κ1) is 26.6. The van der Waals surface area contributed by atoms with Gasteiger partial charge in [-0.05, 0) is 34.4 Å². The highest BCUT2D eigenvalue weighted by Crippen LogP contribution is 2.31. The molecule has 43 heavy (non-hydrogen) atoms. The number of pyridine rings is 1. The van der Waals surface area contributed by atoms with Crippen molar-refractivity contribution in [1.82, 2.24) is 24.9 Å². The van der Waals surface area contributed by atoms with Crippen molar-refractivity contribution >= 4 is 24.4 Å². The lowest BCUT2D eigenvalue weighted by molar-refractivity contribution is 0.612. The van der Waals surface area contributed by atoms with Crippen molar-refractivity contribution in [2.75, 3.05) is 0 Å². The summed E-state index contributed by atoms with van der Waals surface area (Å²) in [6.45, 7) is 7.12. The molecular formula is C36H29N5OSi.